The van der Waals surface area contributed by atoms with Crippen LogP contribution in [0.3, 0.4) is 0 Å². The normalized spacial score (nSPS) is 35.0. The van der Waals surface area contributed by atoms with Crippen molar-refractivity contribution in [3.05, 3.63) is 0 Å². The fourth-order valence-corrected chi connectivity index (χ4v) is 3.81. The van der Waals surface area contributed by atoms with Crippen LogP contribution in [0.25, 0.3) is 0 Å². The number of hydrogen-bond acceptors (Lipinski definition) is 3. The molecular weight excluding hydrogens is 202 g/mol. The topological polar surface area (TPSA) is 57.6 Å². The monoisotopic (exact) mass is 219 g/mol. The molecule has 0 aromatic rings. The van der Waals surface area contributed by atoms with E-state index in [2.05, 4.69) is 0 Å². The molecule has 0 radical (unpaired) electrons. The maximum Gasteiger partial charge on any atom is 0.214 e. The van der Waals surface area contributed by atoms with E-state index in [0.717, 1.165) is 12.8 Å². The quantitative estimate of drug-likeness (QED) is 0.737. The lowest BCUT2D eigenvalue weighted by Gasteiger charge is -2.18. The molecule has 1 aliphatic carbocycles. The van der Waals surface area contributed by atoms with Crippen LogP contribution in [0.1, 0.15) is 26.2 Å². The first kappa shape index (κ1) is 10.4. The summed E-state index contributed by atoms with van der Waals surface area (Å²) in [6.45, 7) is 2.43. The summed E-state index contributed by atoms with van der Waals surface area (Å²) in [7, 11) is -3.09. The number of rotatable bonds is 3. The minimum atomic E-state index is -3.09. The van der Waals surface area contributed by atoms with Gasteiger partial charge in [0.05, 0.1) is 11.4 Å². The zero-order valence-corrected chi connectivity index (χ0v) is 9.26. The Morgan fingerprint density at radius 2 is 2.14 bits per heavy atom. The minimum absolute atomic E-state index is 0.266. The molecule has 0 bridgehead atoms. The highest BCUT2D eigenvalue weighted by atomic mass is 32.2. The zero-order valence-electron chi connectivity index (χ0n) is 8.44. The third kappa shape index (κ3) is 2.27. The summed E-state index contributed by atoms with van der Waals surface area (Å²) in [5.41, 5.74) is -0.823. The summed E-state index contributed by atoms with van der Waals surface area (Å²) in [5.74, 6) is 0.661. The lowest BCUT2D eigenvalue weighted by Crippen LogP contribution is -2.35. The largest absolute Gasteiger partial charge is 0.389 e. The average molecular weight is 219 g/mol. The van der Waals surface area contributed by atoms with Gasteiger partial charge in [-0.15, -0.1) is 0 Å². The maximum atomic E-state index is 11.8. The third-order valence-corrected chi connectivity index (χ3v) is 4.94. The first-order chi connectivity index (χ1) is 6.39. The van der Waals surface area contributed by atoms with Crippen molar-refractivity contribution in [1.29, 1.82) is 0 Å². The summed E-state index contributed by atoms with van der Waals surface area (Å²) in [5, 5.41) is 9.67. The molecule has 0 aromatic heterocycles. The predicted octanol–water partition coefficient (Wildman–Crippen LogP) is 0.183. The second kappa shape index (κ2) is 3.18. The highest BCUT2D eigenvalue weighted by Crippen LogP contribution is 2.32. The molecule has 1 unspecified atom stereocenters. The summed E-state index contributed by atoms with van der Waals surface area (Å²) < 4.78 is 25.0. The van der Waals surface area contributed by atoms with Crippen LogP contribution < -0.4 is 0 Å². The Morgan fingerprint density at radius 1 is 1.50 bits per heavy atom. The van der Waals surface area contributed by atoms with E-state index in [4.69, 9.17) is 0 Å². The van der Waals surface area contributed by atoms with Crippen molar-refractivity contribution in [2.24, 2.45) is 5.92 Å². The van der Waals surface area contributed by atoms with Gasteiger partial charge in [0, 0.05) is 13.1 Å². The molecule has 1 N–H and O–H groups in total. The van der Waals surface area contributed by atoms with E-state index in [1.54, 1.807) is 6.92 Å². The summed E-state index contributed by atoms with van der Waals surface area (Å²) in [6, 6.07) is 0. The lowest BCUT2D eigenvalue weighted by molar-refractivity contribution is 0.0762. The summed E-state index contributed by atoms with van der Waals surface area (Å²) >= 11 is 0. The lowest BCUT2D eigenvalue weighted by atomic mass is 10.1. The SMILES string of the molecule is CC1(O)CCN(S(=O)(=O)CC2CC2)C1. The Morgan fingerprint density at radius 3 is 2.57 bits per heavy atom. The first-order valence-electron chi connectivity index (χ1n) is 5.09. The minimum Gasteiger partial charge on any atom is -0.389 e. The Balaban J connectivity index is 2.00. The molecule has 14 heavy (non-hydrogen) atoms. The van der Waals surface area contributed by atoms with Gasteiger partial charge in [-0.3, -0.25) is 0 Å². The summed E-state index contributed by atoms with van der Waals surface area (Å²) in [4.78, 5) is 0. The first-order valence-corrected chi connectivity index (χ1v) is 6.70. The van der Waals surface area contributed by atoms with Gasteiger partial charge in [-0.1, -0.05) is 0 Å². The van der Waals surface area contributed by atoms with E-state index >= 15 is 0 Å². The molecule has 0 amide bonds. The van der Waals surface area contributed by atoms with Crippen LogP contribution >= 0.6 is 0 Å². The molecule has 4 nitrogen and oxygen atoms in total. The molecule has 0 aromatic carbocycles. The number of aliphatic hydroxyl groups is 1. The molecule has 0 spiro atoms. The molecule has 2 rings (SSSR count). The highest BCUT2D eigenvalue weighted by Gasteiger charge is 2.39. The zero-order chi connectivity index (χ0) is 10.4. The van der Waals surface area contributed by atoms with E-state index in [9.17, 15) is 13.5 Å². The third-order valence-electron chi connectivity index (χ3n) is 2.95. The van der Waals surface area contributed by atoms with Crippen LogP contribution in [-0.4, -0.2) is 42.3 Å². The Hall–Kier alpha value is -0.130. The average Bonchev–Trinajstić information content (AvgIpc) is 2.73. The van der Waals surface area contributed by atoms with Gasteiger partial charge in [0.25, 0.3) is 0 Å². The Kier molecular flexibility index (Phi) is 2.36. The van der Waals surface area contributed by atoms with Crippen molar-refractivity contribution in [3.63, 3.8) is 0 Å². The van der Waals surface area contributed by atoms with Crippen LogP contribution in [0, 0.1) is 5.92 Å². The number of sulfonamides is 1. The van der Waals surface area contributed by atoms with Crippen molar-refractivity contribution in [2.75, 3.05) is 18.8 Å². The van der Waals surface area contributed by atoms with Crippen molar-refractivity contribution < 1.29 is 13.5 Å². The molecule has 5 heteroatoms. The number of hydrogen-bond donors (Lipinski definition) is 1. The summed E-state index contributed by atoms with van der Waals surface area (Å²) in [6.07, 6.45) is 2.64. The fourth-order valence-electron chi connectivity index (χ4n) is 1.83. The van der Waals surface area contributed by atoms with Crippen molar-refractivity contribution in [3.8, 4) is 0 Å². The highest BCUT2D eigenvalue weighted by molar-refractivity contribution is 7.89. The molecule has 1 aliphatic heterocycles. The smallest absolute Gasteiger partial charge is 0.214 e. The van der Waals surface area contributed by atoms with Crippen molar-refractivity contribution >= 4 is 10.0 Å². The van der Waals surface area contributed by atoms with E-state index in [1.807, 2.05) is 0 Å². The Labute approximate surface area is 85.0 Å². The van der Waals surface area contributed by atoms with Gasteiger partial charge in [0.15, 0.2) is 0 Å². The molecule has 2 aliphatic rings. The Bertz CT molecular complexity index is 319. The molecular formula is C9H17NO3S. The van der Waals surface area contributed by atoms with Gasteiger partial charge in [0.2, 0.25) is 10.0 Å². The molecule has 1 atom stereocenters. The van der Waals surface area contributed by atoms with Gasteiger partial charge < -0.3 is 5.11 Å². The van der Waals surface area contributed by atoms with Crippen LogP contribution in [-0.2, 0) is 10.0 Å². The van der Waals surface area contributed by atoms with E-state index in [-0.39, 0.29) is 12.3 Å². The standard InChI is InChI=1S/C9H17NO3S/c1-9(11)4-5-10(7-9)14(12,13)6-8-2-3-8/h8,11H,2-7H2,1H3. The number of nitrogens with zero attached hydrogens (tertiary/aromatic N) is 1. The van der Waals surface area contributed by atoms with Gasteiger partial charge in [0.1, 0.15) is 0 Å². The van der Waals surface area contributed by atoms with E-state index in [1.165, 1.54) is 4.31 Å². The molecule has 1 saturated carbocycles. The van der Waals surface area contributed by atoms with Crippen molar-refractivity contribution in [1.82, 2.24) is 4.31 Å². The molecule has 1 heterocycles. The van der Waals surface area contributed by atoms with Gasteiger partial charge in [-0.25, -0.2) is 8.42 Å². The van der Waals surface area contributed by atoms with E-state index < -0.39 is 15.6 Å². The predicted molar refractivity (Wildman–Crippen MR) is 53.3 cm³/mol. The van der Waals surface area contributed by atoms with E-state index in [0.29, 0.717) is 18.9 Å². The second-order valence-corrected chi connectivity index (χ2v) is 6.82. The van der Waals surface area contributed by atoms with Gasteiger partial charge in [-0.05, 0) is 32.1 Å². The van der Waals surface area contributed by atoms with Gasteiger partial charge in [-0.2, -0.15) is 4.31 Å². The fraction of sp³-hybridized carbons (Fsp3) is 1.00. The van der Waals surface area contributed by atoms with Crippen LogP contribution in [0.4, 0.5) is 0 Å². The molecule has 1 saturated heterocycles. The van der Waals surface area contributed by atoms with Crippen molar-refractivity contribution in [2.45, 2.75) is 31.8 Å². The molecule has 2 fully saturated rings. The van der Waals surface area contributed by atoms with Crippen LogP contribution in [0.15, 0.2) is 0 Å². The van der Waals surface area contributed by atoms with Crippen LogP contribution in [0.5, 0.6) is 0 Å². The van der Waals surface area contributed by atoms with Crippen LogP contribution in [0.2, 0.25) is 0 Å². The van der Waals surface area contributed by atoms with Gasteiger partial charge >= 0.3 is 0 Å². The number of β-amino-alcohol motifs (C(OH)–C–C–N with tert-alkyl or cyclic N) is 1. The molecule has 82 valence electrons. The maximum absolute atomic E-state index is 11.8. The second-order valence-electron chi connectivity index (χ2n) is 4.80.